The molecule has 170 valence electrons. The average Bonchev–Trinajstić information content (AvgIpc) is 3.16. The summed E-state index contributed by atoms with van der Waals surface area (Å²) in [6.07, 6.45) is 4.78. The van der Waals surface area contributed by atoms with Crippen LogP contribution in [-0.4, -0.2) is 44.2 Å². The van der Waals surface area contributed by atoms with E-state index >= 15 is 0 Å². The van der Waals surface area contributed by atoms with Crippen molar-refractivity contribution in [1.29, 1.82) is 0 Å². The lowest BCUT2D eigenvalue weighted by molar-refractivity contribution is 0.0942. The molecule has 0 fully saturated rings. The van der Waals surface area contributed by atoms with Gasteiger partial charge in [0.25, 0.3) is 5.91 Å². The van der Waals surface area contributed by atoms with E-state index in [1.807, 2.05) is 43.5 Å². The van der Waals surface area contributed by atoms with E-state index in [4.69, 9.17) is 4.74 Å². The normalized spacial score (nSPS) is 13.0. The predicted molar refractivity (Wildman–Crippen MR) is 129 cm³/mol. The first-order valence-electron chi connectivity index (χ1n) is 10.7. The molecule has 0 saturated carbocycles. The molecule has 4 rings (SSSR count). The van der Waals surface area contributed by atoms with Gasteiger partial charge in [-0.2, -0.15) is 0 Å². The molecule has 8 heteroatoms. The van der Waals surface area contributed by atoms with Crippen LogP contribution in [0.3, 0.4) is 0 Å². The molecule has 3 aromatic rings. The van der Waals surface area contributed by atoms with Crippen LogP contribution in [0.5, 0.6) is 5.88 Å². The van der Waals surface area contributed by atoms with Crippen molar-refractivity contribution in [2.75, 3.05) is 19.4 Å². The zero-order valence-corrected chi connectivity index (χ0v) is 20.0. The number of hydrogen-bond acceptors (Lipinski definition) is 6. The van der Waals surface area contributed by atoms with Gasteiger partial charge in [0.1, 0.15) is 12.0 Å². The molecular weight excluding hydrogens is 422 g/mol. The van der Waals surface area contributed by atoms with Crippen LogP contribution < -0.4 is 10.1 Å². The van der Waals surface area contributed by atoms with Gasteiger partial charge in [-0.1, -0.05) is 36.2 Å². The maximum absolute atomic E-state index is 12.1. The number of rotatable bonds is 6. The number of carbonyl (C=O) groups excluding carboxylic acids is 1. The van der Waals surface area contributed by atoms with Crippen LogP contribution in [0.1, 0.15) is 39.9 Å². The number of carbonyl (C=O) groups is 1. The Balaban J connectivity index is 0.000000204. The molecule has 32 heavy (non-hydrogen) atoms. The Labute approximate surface area is 194 Å². The van der Waals surface area contributed by atoms with Crippen LogP contribution in [-0.2, 0) is 26.6 Å². The van der Waals surface area contributed by atoms with Gasteiger partial charge in [0.05, 0.1) is 18.8 Å². The number of amides is 1. The molecular formula is C24H31N5O2S. The minimum absolute atomic E-state index is 0.128. The fourth-order valence-electron chi connectivity index (χ4n) is 3.43. The van der Waals surface area contributed by atoms with Crippen molar-refractivity contribution in [2.45, 2.75) is 33.4 Å². The fourth-order valence-corrected chi connectivity index (χ4v) is 3.97. The van der Waals surface area contributed by atoms with Crippen molar-refractivity contribution in [3.05, 3.63) is 77.0 Å². The lowest BCUT2D eigenvalue weighted by Gasteiger charge is -2.26. The Morgan fingerprint density at radius 3 is 2.66 bits per heavy atom. The third-order valence-electron chi connectivity index (χ3n) is 5.38. The second kappa shape index (κ2) is 11.7. The number of nitrogens with one attached hydrogen (secondary N) is 1. The van der Waals surface area contributed by atoms with Crippen LogP contribution in [0.2, 0.25) is 0 Å². The van der Waals surface area contributed by atoms with Crippen LogP contribution >= 0.6 is 11.9 Å². The highest BCUT2D eigenvalue weighted by atomic mass is 32.2. The van der Waals surface area contributed by atoms with E-state index in [-0.39, 0.29) is 5.91 Å². The van der Waals surface area contributed by atoms with E-state index in [0.29, 0.717) is 30.4 Å². The Morgan fingerprint density at radius 2 is 1.97 bits per heavy atom. The van der Waals surface area contributed by atoms with Crippen molar-refractivity contribution < 1.29 is 9.53 Å². The van der Waals surface area contributed by atoms with E-state index < -0.39 is 0 Å². The summed E-state index contributed by atoms with van der Waals surface area (Å²) >= 11 is 1.84. The molecule has 0 aliphatic carbocycles. The number of benzene rings is 1. The Morgan fingerprint density at radius 1 is 1.19 bits per heavy atom. The lowest BCUT2D eigenvalue weighted by atomic mass is 10.0. The lowest BCUT2D eigenvalue weighted by Crippen LogP contribution is -2.25. The van der Waals surface area contributed by atoms with Gasteiger partial charge in [-0.3, -0.25) is 4.79 Å². The van der Waals surface area contributed by atoms with Crippen molar-refractivity contribution in [3.63, 3.8) is 0 Å². The van der Waals surface area contributed by atoms with Crippen LogP contribution in [0, 0.1) is 6.92 Å². The Bertz CT molecular complexity index is 1040. The van der Waals surface area contributed by atoms with Crippen molar-refractivity contribution >= 4 is 17.9 Å². The van der Waals surface area contributed by atoms with Gasteiger partial charge < -0.3 is 14.6 Å². The third-order valence-corrected chi connectivity index (χ3v) is 6.21. The first-order chi connectivity index (χ1) is 15.5. The maximum atomic E-state index is 12.1. The molecule has 1 N–H and O–H groups in total. The minimum atomic E-state index is -0.128. The fraction of sp³-hybridized carbons (Fsp3) is 0.375. The molecule has 0 atom stereocenters. The highest BCUT2D eigenvalue weighted by molar-refractivity contribution is 7.96. The van der Waals surface area contributed by atoms with Gasteiger partial charge in [0.2, 0.25) is 5.88 Å². The van der Waals surface area contributed by atoms with E-state index in [2.05, 4.69) is 50.1 Å². The number of nitrogens with zero attached hydrogens (tertiary/aromatic N) is 4. The summed E-state index contributed by atoms with van der Waals surface area (Å²) in [7, 11) is 1.86. The number of ether oxygens (including phenoxy) is 1. The number of fused-ring (bicyclic) bond motifs is 1. The molecule has 3 heterocycles. The predicted octanol–water partition coefficient (Wildman–Crippen LogP) is 3.77. The van der Waals surface area contributed by atoms with Crippen molar-refractivity contribution in [1.82, 2.24) is 24.2 Å². The number of aromatic nitrogens is 3. The summed E-state index contributed by atoms with van der Waals surface area (Å²) < 4.78 is 9.55. The van der Waals surface area contributed by atoms with Crippen molar-refractivity contribution in [3.8, 4) is 5.88 Å². The number of aryl methyl sites for hydroxylation is 1. The molecule has 7 nitrogen and oxygen atoms in total. The largest absolute Gasteiger partial charge is 0.478 e. The monoisotopic (exact) mass is 453 g/mol. The molecule has 1 aromatic carbocycles. The van der Waals surface area contributed by atoms with Gasteiger partial charge in [-0.25, -0.2) is 14.3 Å². The van der Waals surface area contributed by atoms with Gasteiger partial charge >= 0.3 is 0 Å². The van der Waals surface area contributed by atoms with Crippen LogP contribution in [0.4, 0.5) is 0 Å². The molecule has 1 amide bonds. The highest BCUT2D eigenvalue weighted by Gasteiger charge is 2.14. The SMILES string of the molecule is CCOc1cc(CNC(=O)c2ccc(C)n2C)ncn1.CSN1CCc2ccccc2C1. The summed E-state index contributed by atoms with van der Waals surface area (Å²) in [5.41, 5.74) is 5.40. The van der Waals surface area contributed by atoms with Gasteiger partial charge in [0, 0.05) is 31.9 Å². The quantitative estimate of drug-likeness (QED) is 0.573. The molecule has 0 saturated heterocycles. The topological polar surface area (TPSA) is 72.3 Å². The second-order valence-electron chi connectivity index (χ2n) is 7.45. The Kier molecular flexibility index (Phi) is 8.70. The number of hydrogen-bond donors (Lipinski definition) is 1. The van der Waals surface area contributed by atoms with E-state index in [1.54, 1.807) is 12.1 Å². The van der Waals surface area contributed by atoms with Gasteiger partial charge in [0.15, 0.2) is 0 Å². The maximum Gasteiger partial charge on any atom is 0.268 e. The highest BCUT2D eigenvalue weighted by Crippen LogP contribution is 2.22. The average molecular weight is 454 g/mol. The summed E-state index contributed by atoms with van der Waals surface area (Å²) in [4.78, 5) is 20.1. The molecule has 1 aliphatic heterocycles. The Hall–Kier alpha value is -2.84. The minimum Gasteiger partial charge on any atom is -0.478 e. The zero-order valence-electron chi connectivity index (χ0n) is 19.2. The summed E-state index contributed by atoms with van der Waals surface area (Å²) in [6, 6.07) is 14.2. The van der Waals surface area contributed by atoms with Crippen LogP contribution in [0.15, 0.2) is 48.8 Å². The summed E-state index contributed by atoms with van der Waals surface area (Å²) in [5.74, 6) is 0.388. The summed E-state index contributed by atoms with van der Waals surface area (Å²) in [5, 5.41) is 2.83. The molecule has 0 unspecified atom stereocenters. The second-order valence-corrected chi connectivity index (χ2v) is 8.33. The van der Waals surface area contributed by atoms with E-state index in [9.17, 15) is 4.79 Å². The van der Waals surface area contributed by atoms with Crippen molar-refractivity contribution in [2.24, 2.45) is 7.05 Å². The molecule has 2 aromatic heterocycles. The molecule has 0 spiro atoms. The van der Waals surface area contributed by atoms with Gasteiger partial charge in [-0.15, -0.1) is 0 Å². The van der Waals surface area contributed by atoms with Gasteiger partial charge in [-0.05, 0) is 49.8 Å². The third kappa shape index (κ3) is 6.34. The molecule has 0 bridgehead atoms. The van der Waals surface area contributed by atoms with E-state index in [0.717, 1.165) is 12.2 Å². The zero-order chi connectivity index (χ0) is 22.9. The summed E-state index contributed by atoms with van der Waals surface area (Å²) in [6.45, 7) is 7.03. The smallest absolute Gasteiger partial charge is 0.268 e. The van der Waals surface area contributed by atoms with Crippen LogP contribution in [0.25, 0.3) is 0 Å². The first-order valence-corrected chi connectivity index (χ1v) is 11.9. The standard InChI is InChI=1S/C14H18N4O2.C10H13NS/c1-4-20-13-7-11(16-9-17-13)8-15-14(19)12-6-5-10(2)18(12)3;1-12-11-7-6-9-4-2-3-5-10(9)8-11/h5-7,9H,4,8H2,1-3H3,(H,15,19);2-5H,6-8H2,1H3. The molecule has 0 radical (unpaired) electrons. The first kappa shape index (κ1) is 23.8. The van der Waals surface area contributed by atoms with E-state index in [1.165, 1.54) is 30.4 Å². The molecule has 1 aliphatic rings.